The van der Waals surface area contributed by atoms with Gasteiger partial charge in [0.2, 0.25) is 0 Å². The molecule has 0 bridgehead atoms. The second-order valence-electron chi connectivity index (χ2n) is 5.70. The summed E-state index contributed by atoms with van der Waals surface area (Å²) in [5.41, 5.74) is 2.29. The lowest BCUT2D eigenvalue weighted by molar-refractivity contribution is -0.115. The van der Waals surface area contributed by atoms with Gasteiger partial charge < -0.3 is 14.8 Å². The van der Waals surface area contributed by atoms with E-state index in [1.54, 1.807) is 13.2 Å². The molecule has 0 aliphatic carbocycles. The van der Waals surface area contributed by atoms with Crippen LogP contribution in [0, 0.1) is 6.92 Å². The highest BCUT2D eigenvalue weighted by Crippen LogP contribution is 2.24. The van der Waals surface area contributed by atoms with E-state index in [1.807, 2.05) is 55.5 Å². The molecule has 0 saturated carbocycles. The summed E-state index contributed by atoms with van der Waals surface area (Å²) in [6.07, 6.45) is 2.27. The van der Waals surface area contributed by atoms with Crippen molar-refractivity contribution >= 4 is 17.8 Å². The van der Waals surface area contributed by atoms with E-state index in [0.717, 1.165) is 16.9 Å². The zero-order valence-electron chi connectivity index (χ0n) is 14.3. The first kappa shape index (κ1) is 16.8. The van der Waals surface area contributed by atoms with Crippen molar-refractivity contribution in [3.8, 4) is 11.5 Å². The van der Waals surface area contributed by atoms with Gasteiger partial charge in [-0.3, -0.25) is 4.79 Å². The van der Waals surface area contributed by atoms with Crippen molar-refractivity contribution in [3.63, 3.8) is 0 Å². The van der Waals surface area contributed by atoms with E-state index in [0.29, 0.717) is 30.3 Å². The number of benzene rings is 2. The summed E-state index contributed by atoms with van der Waals surface area (Å²) in [5, 5.41) is 2.78. The number of nitrogens with zero attached hydrogens (tertiary/aromatic N) is 1. The third-order valence-electron chi connectivity index (χ3n) is 3.77. The van der Waals surface area contributed by atoms with E-state index < -0.39 is 0 Å². The monoisotopic (exact) mass is 336 g/mol. The summed E-state index contributed by atoms with van der Waals surface area (Å²) in [5.74, 6) is 1.91. The lowest BCUT2D eigenvalue weighted by Crippen LogP contribution is -2.25. The third-order valence-corrected chi connectivity index (χ3v) is 3.77. The van der Waals surface area contributed by atoms with Crippen molar-refractivity contribution in [2.45, 2.75) is 13.3 Å². The minimum absolute atomic E-state index is 0.210. The quantitative estimate of drug-likeness (QED) is 0.823. The SMILES string of the molecule is COc1ccc(C)cc1/C=C1/N=C(CCOc2ccccc2)NC1=O. The Hall–Kier alpha value is -3.08. The van der Waals surface area contributed by atoms with Gasteiger partial charge in [0.15, 0.2) is 0 Å². The molecule has 5 nitrogen and oxygen atoms in total. The highest BCUT2D eigenvalue weighted by Gasteiger charge is 2.20. The van der Waals surface area contributed by atoms with Gasteiger partial charge in [-0.1, -0.05) is 29.8 Å². The van der Waals surface area contributed by atoms with E-state index >= 15 is 0 Å². The fourth-order valence-corrected chi connectivity index (χ4v) is 2.53. The predicted octanol–water partition coefficient (Wildman–Crippen LogP) is 3.34. The Balaban J connectivity index is 1.69. The topological polar surface area (TPSA) is 59.9 Å². The number of rotatable bonds is 6. The molecule has 128 valence electrons. The number of carbonyl (C=O) groups excluding carboxylic acids is 1. The summed E-state index contributed by atoms with van der Waals surface area (Å²) in [7, 11) is 1.61. The van der Waals surface area contributed by atoms with Crippen LogP contribution in [0.1, 0.15) is 17.5 Å². The van der Waals surface area contributed by atoms with Crippen LogP contribution in [0.3, 0.4) is 0 Å². The molecule has 3 rings (SSSR count). The van der Waals surface area contributed by atoms with Crippen molar-refractivity contribution in [2.24, 2.45) is 4.99 Å². The average Bonchev–Trinajstić information content (AvgIpc) is 2.96. The number of amidine groups is 1. The molecule has 1 amide bonds. The Morgan fingerprint density at radius 1 is 1.16 bits per heavy atom. The standard InChI is InChI=1S/C20H20N2O3/c1-14-8-9-18(24-2)15(12-14)13-17-20(23)22-19(21-17)10-11-25-16-6-4-3-5-7-16/h3-9,12-13H,10-11H2,1-2H3,(H,21,22,23)/b17-13+. The van der Waals surface area contributed by atoms with Gasteiger partial charge in [0.05, 0.1) is 13.7 Å². The highest BCUT2D eigenvalue weighted by atomic mass is 16.5. The van der Waals surface area contributed by atoms with E-state index in [4.69, 9.17) is 9.47 Å². The zero-order valence-corrected chi connectivity index (χ0v) is 14.3. The largest absolute Gasteiger partial charge is 0.496 e. The number of aliphatic imine (C=N–C) groups is 1. The first-order valence-electron chi connectivity index (χ1n) is 8.09. The lowest BCUT2D eigenvalue weighted by atomic mass is 10.1. The fraction of sp³-hybridized carbons (Fsp3) is 0.200. The van der Waals surface area contributed by atoms with Crippen LogP contribution in [-0.2, 0) is 4.79 Å². The summed E-state index contributed by atoms with van der Waals surface area (Å²) in [4.78, 5) is 16.5. The van der Waals surface area contributed by atoms with Crippen LogP contribution in [0.25, 0.3) is 6.08 Å². The second-order valence-corrected chi connectivity index (χ2v) is 5.70. The van der Waals surface area contributed by atoms with Crippen molar-refractivity contribution in [1.29, 1.82) is 0 Å². The molecule has 2 aromatic rings. The molecule has 2 aromatic carbocycles. The molecule has 5 heteroatoms. The van der Waals surface area contributed by atoms with Gasteiger partial charge >= 0.3 is 0 Å². The summed E-state index contributed by atoms with van der Waals surface area (Å²) >= 11 is 0. The Labute approximate surface area is 147 Å². The van der Waals surface area contributed by atoms with E-state index in [9.17, 15) is 4.79 Å². The van der Waals surface area contributed by atoms with Crippen LogP contribution >= 0.6 is 0 Å². The molecular formula is C20H20N2O3. The molecule has 1 heterocycles. The van der Waals surface area contributed by atoms with Crippen molar-refractivity contribution in [1.82, 2.24) is 5.32 Å². The number of hydrogen-bond donors (Lipinski definition) is 1. The number of para-hydroxylation sites is 1. The van der Waals surface area contributed by atoms with E-state index in [2.05, 4.69) is 10.3 Å². The van der Waals surface area contributed by atoms with Gasteiger partial charge in [-0.15, -0.1) is 0 Å². The van der Waals surface area contributed by atoms with Crippen LogP contribution in [0.4, 0.5) is 0 Å². The lowest BCUT2D eigenvalue weighted by Gasteiger charge is -2.05. The van der Waals surface area contributed by atoms with Crippen LogP contribution in [0.5, 0.6) is 11.5 Å². The Morgan fingerprint density at radius 3 is 2.72 bits per heavy atom. The van der Waals surface area contributed by atoms with Gasteiger partial charge in [0, 0.05) is 12.0 Å². The Kier molecular flexibility index (Phi) is 5.14. The van der Waals surface area contributed by atoms with E-state index in [-0.39, 0.29) is 5.91 Å². The van der Waals surface area contributed by atoms with Gasteiger partial charge in [0.1, 0.15) is 23.0 Å². The molecular weight excluding hydrogens is 316 g/mol. The molecule has 25 heavy (non-hydrogen) atoms. The van der Waals surface area contributed by atoms with Crippen molar-refractivity contribution < 1.29 is 14.3 Å². The molecule has 0 spiro atoms. The predicted molar refractivity (Wildman–Crippen MR) is 97.8 cm³/mol. The Bertz CT molecular complexity index is 826. The van der Waals surface area contributed by atoms with Crippen molar-refractivity contribution in [2.75, 3.05) is 13.7 Å². The summed E-state index contributed by atoms with van der Waals surface area (Å²) < 4.78 is 11.0. The maximum absolute atomic E-state index is 12.1. The fourth-order valence-electron chi connectivity index (χ4n) is 2.53. The van der Waals surface area contributed by atoms with E-state index in [1.165, 1.54) is 0 Å². The number of amides is 1. The maximum Gasteiger partial charge on any atom is 0.275 e. The third kappa shape index (κ3) is 4.26. The minimum Gasteiger partial charge on any atom is -0.496 e. The molecule has 0 aromatic heterocycles. The second kappa shape index (κ2) is 7.66. The maximum atomic E-state index is 12.1. The summed E-state index contributed by atoms with van der Waals surface area (Å²) in [6, 6.07) is 15.4. The number of nitrogens with one attached hydrogen (secondary N) is 1. The number of ether oxygens (including phenoxy) is 2. The van der Waals surface area contributed by atoms with Crippen LogP contribution in [-0.4, -0.2) is 25.5 Å². The molecule has 0 atom stereocenters. The molecule has 0 unspecified atom stereocenters. The zero-order chi connectivity index (χ0) is 17.6. The number of hydrogen-bond acceptors (Lipinski definition) is 4. The highest BCUT2D eigenvalue weighted by molar-refractivity contribution is 6.14. The normalized spacial score (nSPS) is 15.0. The van der Waals surface area contributed by atoms with Gasteiger partial charge in [-0.2, -0.15) is 0 Å². The average molecular weight is 336 g/mol. The number of aryl methyl sites for hydroxylation is 1. The first-order chi connectivity index (χ1) is 12.2. The molecule has 1 N–H and O–H groups in total. The van der Waals surface area contributed by atoms with Crippen molar-refractivity contribution in [3.05, 3.63) is 65.4 Å². The smallest absolute Gasteiger partial charge is 0.275 e. The van der Waals surface area contributed by atoms with Gasteiger partial charge in [-0.25, -0.2) is 4.99 Å². The first-order valence-corrected chi connectivity index (χ1v) is 8.09. The number of methoxy groups -OCH3 is 1. The number of carbonyl (C=O) groups is 1. The van der Waals surface area contributed by atoms with Crippen LogP contribution < -0.4 is 14.8 Å². The molecule has 0 fully saturated rings. The van der Waals surface area contributed by atoms with Crippen LogP contribution in [0.2, 0.25) is 0 Å². The molecule has 1 aliphatic heterocycles. The molecule has 0 radical (unpaired) electrons. The van der Waals surface area contributed by atoms with Crippen LogP contribution in [0.15, 0.2) is 59.2 Å². The summed E-state index contributed by atoms with van der Waals surface area (Å²) in [6.45, 7) is 2.44. The minimum atomic E-state index is -0.210. The Morgan fingerprint density at radius 2 is 1.96 bits per heavy atom. The molecule has 0 saturated heterocycles. The van der Waals surface area contributed by atoms with Gasteiger partial charge in [0.25, 0.3) is 5.91 Å². The molecule has 1 aliphatic rings. The van der Waals surface area contributed by atoms with Gasteiger partial charge in [-0.05, 0) is 37.3 Å².